The van der Waals surface area contributed by atoms with Crippen molar-refractivity contribution in [2.45, 2.75) is 6.92 Å². The summed E-state index contributed by atoms with van der Waals surface area (Å²) in [6.07, 6.45) is 0. The molecule has 0 aliphatic rings. The van der Waals surface area contributed by atoms with Crippen LogP contribution in [-0.2, 0) is 4.74 Å². The monoisotopic (exact) mass is 394 g/mol. The molecule has 0 radical (unpaired) electrons. The van der Waals surface area contributed by atoms with E-state index >= 15 is 0 Å². The minimum absolute atomic E-state index is 0.0796. The first-order valence-electron chi connectivity index (χ1n) is 8.80. The van der Waals surface area contributed by atoms with Gasteiger partial charge < -0.3 is 9.47 Å². The SMILES string of the molecule is Cc1cccc(OCCOC(=O)c2ccccc2C(=O)c2ccc(Cl)cc2)c1. The van der Waals surface area contributed by atoms with Gasteiger partial charge in [-0.1, -0.05) is 41.9 Å². The van der Waals surface area contributed by atoms with E-state index in [1.54, 1.807) is 48.5 Å². The van der Waals surface area contributed by atoms with E-state index in [4.69, 9.17) is 21.1 Å². The van der Waals surface area contributed by atoms with Crippen LogP contribution >= 0.6 is 11.6 Å². The van der Waals surface area contributed by atoms with Gasteiger partial charge in [0, 0.05) is 16.1 Å². The van der Waals surface area contributed by atoms with Crippen molar-refractivity contribution in [3.05, 3.63) is 100 Å². The summed E-state index contributed by atoms with van der Waals surface area (Å²) in [7, 11) is 0. The Labute approximate surface area is 168 Å². The zero-order valence-electron chi connectivity index (χ0n) is 15.4. The van der Waals surface area contributed by atoms with E-state index in [9.17, 15) is 9.59 Å². The second kappa shape index (κ2) is 9.20. The summed E-state index contributed by atoms with van der Waals surface area (Å²) in [5, 5.41) is 0.540. The van der Waals surface area contributed by atoms with Crippen molar-refractivity contribution in [3.8, 4) is 5.75 Å². The van der Waals surface area contributed by atoms with Crippen molar-refractivity contribution in [2.75, 3.05) is 13.2 Å². The first-order chi connectivity index (χ1) is 13.5. The third-order valence-corrected chi connectivity index (χ3v) is 4.32. The van der Waals surface area contributed by atoms with Crippen LogP contribution in [0.25, 0.3) is 0 Å². The predicted octanol–water partition coefficient (Wildman–Crippen LogP) is 5.12. The third kappa shape index (κ3) is 4.99. The van der Waals surface area contributed by atoms with Crippen LogP contribution in [0.3, 0.4) is 0 Å². The standard InChI is InChI=1S/C23H19ClO4/c1-16-5-4-6-19(15-16)27-13-14-28-23(26)21-8-3-2-7-20(21)22(25)17-9-11-18(24)12-10-17/h2-12,15H,13-14H2,1H3. The quantitative estimate of drug-likeness (QED) is 0.317. The fourth-order valence-corrected chi connectivity index (χ4v) is 2.82. The van der Waals surface area contributed by atoms with E-state index in [0.717, 1.165) is 11.3 Å². The molecule has 0 aliphatic carbocycles. The number of ether oxygens (including phenoxy) is 2. The van der Waals surface area contributed by atoms with Crippen molar-refractivity contribution in [1.82, 2.24) is 0 Å². The lowest BCUT2D eigenvalue weighted by Gasteiger charge is -2.10. The zero-order valence-corrected chi connectivity index (χ0v) is 16.1. The summed E-state index contributed by atoms with van der Waals surface area (Å²) in [6, 6.07) is 20.7. The number of rotatable bonds is 7. The number of carbonyl (C=O) groups excluding carboxylic acids is 2. The van der Waals surface area contributed by atoms with E-state index in [1.807, 2.05) is 31.2 Å². The number of halogens is 1. The van der Waals surface area contributed by atoms with Gasteiger partial charge in [0.25, 0.3) is 0 Å². The van der Waals surface area contributed by atoms with E-state index in [2.05, 4.69) is 0 Å². The Morgan fingerprint density at radius 2 is 1.57 bits per heavy atom. The Hall–Kier alpha value is -3.11. The predicted molar refractivity (Wildman–Crippen MR) is 108 cm³/mol. The van der Waals surface area contributed by atoms with Gasteiger partial charge in [-0.15, -0.1) is 0 Å². The Bertz CT molecular complexity index is 980. The number of aryl methyl sites for hydroxylation is 1. The highest BCUT2D eigenvalue weighted by Gasteiger charge is 2.19. The van der Waals surface area contributed by atoms with Crippen molar-refractivity contribution in [3.63, 3.8) is 0 Å². The minimum Gasteiger partial charge on any atom is -0.490 e. The molecule has 0 aliphatic heterocycles. The zero-order chi connectivity index (χ0) is 19.9. The summed E-state index contributed by atoms with van der Waals surface area (Å²) in [4.78, 5) is 25.2. The minimum atomic E-state index is -0.564. The third-order valence-electron chi connectivity index (χ3n) is 4.07. The lowest BCUT2D eigenvalue weighted by Crippen LogP contribution is -2.16. The first kappa shape index (κ1) is 19.6. The van der Waals surface area contributed by atoms with Gasteiger partial charge >= 0.3 is 5.97 Å². The summed E-state index contributed by atoms with van der Waals surface area (Å²) in [5.74, 6) is -0.111. The van der Waals surface area contributed by atoms with Crippen LogP contribution in [0.2, 0.25) is 5.02 Å². The lowest BCUT2D eigenvalue weighted by atomic mass is 9.98. The highest BCUT2D eigenvalue weighted by Crippen LogP contribution is 2.18. The van der Waals surface area contributed by atoms with Crippen LogP contribution in [0.5, 0.6) is 5.75 Å². The molecule has 0 atom stereocenters. The molecule has 0 N–H and O–H groups in total. The van der Waals surface area contributed by atoms with Gasteiger partial charge in [0.05, 0.1) is 5.56 Å². The molecule has 0 saturated heterocycles. The van der Waals surface area contributed by atoms with Gasteiger partial charge in [-0.3, -0.25) is 4.79 Å². The van der Waals surface area contributed by atoms with Gasteiger partial charge in [0.15, 0.2) is 5.78 Å². The normalized spacial score (nSPS) is 10.4. The molecule has 3 rings (SSSR count). The molecule has 3 aromatic carbocycles. The molecule has 28 heavy (non-hydrogen) atoms. The topological polar surface area (TPSA) is 52.6 Å². The molecular formula is C23H19ClO4. The van der Waals surface area contributed by atoms with Crippen molar-refractivity contribution >= 4 is 23.4 Å². The molecule has 0 fully saturated rings. The molecule has 0 heterocycles. The number of hydrogen-bond donors (Lipinski definition) is 0. The van der Waals surface area contributed by atoms with Gasteiger partial charge in [-0.05, 0) is 55.0 Å². The second-order valence-corrected chi connectivity index (χ2v) is 6.62. The Morgan fingerprint density at radius 3 is 2.29 bits per heavy atom. The number of carbonyl (C=O) groups is 2. The van der Waals surface area contributed by atoms with E-state index in [0.29, 0.717) is 10.6 Å². The molecule has 0 saturated carbocycles. The van der Waals surface area contributed by atoms with Crippen LogP contribution in [0.4, 0.5) is 0 Å². The Kier molecular flexibility index (Phi) is 6.45. The average Bonchev–Trinajstić information content (AvgIpc) is 2.71. The molecule has 3 aromatic rings. The lowest BCUT2D eigenvalue weighted by molar-refractivity contribution is 0.0448. The molecule has 0 amide bonds. The Balaban J connectivity index is 1.64. The van der Waals surface area contributed by atoms with Crippen LogP contribution < -0.4 is 4.74 Å². The molecular weight excluding hydrogens is 376 g/mol. The number of ketones is 1. The maximum Gasteiger partial charge on any atom is 0.339 e. The largest absolute Gasteiger partial charge is 0.490 e. The number of benzene rings is 3. The van der Waals surface area contributed by atoms with Crippen LogP contribution in [0.1, 0.15) is 31.8 Å². The summed E-state index contributed by atoms with van der Waals surface area (Å²) in [6.45, 7) is 2.28. The van der Waals surface area contributed by atoms with E-state index < -0.39 is 5.97 Å². The maximum absolute atomic E-state index is 12.8. The molecule has 142 valence electrons. The Morgan fingerprint density at radius 1 is 0.857 bits per heavy atom. The second-order valence-electron chi connectivity index (χ2n) is 6.18. The maximum atomic E-state index is 12.8. The van der Waals surface area contributed by atoms with Gasteiger partial charge in [-0.2, -0.15) is 0 Å². The molecule has 0 aromatic heterocycles. The number of hydrogen-bond acceptors (Lipinski definition) is 4. The molecule has 5 heteroatoms. The van der Waals surface area contributed by atoms with Crippen molar-refractivity contribution in [1.29, 1.82) is 0 Å². The first-order valence-corrected chi connectivity index (χ1v) is 9.18. The van der Waals surface area contributed by atoms with Gasteiger partial charge in [0.1, 0.15) is 19.0 Å². The van der Waals surface area contributed by atoms with Gasteiger partial charge in [0.2, 0.25) is 0 Å². The van der Waals surface area contributed by atoms with Crippen molar-refractivity contribution < 1.29 is 19.1 Å². The van der Waals surface area contributed by atoms with Crippen LogP contribution in [0, 0.1) is 6.92 Å². The fourth-order valence-electron chi connectivity index (χ4n) is 2.69. The van der Waals surface area contributed by atoms with E-state index in [-0.39, 0.29) is 30.1 Å². The van der Waals surface area contributed by atoms with Crippen molar-refractivity contribution in [2.24, 2.45) is 0 Å². The number of esters is 1. The van der Waals surface area contributed by atoms with E-state index in [1.165, 1.54) is 0 Å². The average molecular weight is 395 g/mol. The summed E-state index contributed by atoms with van der Waals surface area (Å²) in [5.41, 5.74) is 2.05. The molecule has 4 nitrogen and oxygen atoms in total. The molecule has 0 bridgehead atoms. The molecule has 0 spiro atoms. The smallest absolute Gasteiger partial charge is 0.339 e. The highest BCUT2D eigenvalue weighted by molar-refractivity contribution is 6.30. The highest BCUT2D eigenvalue weighted by atomic mass is 35.5. The van der Waals surface area contributed by atoms with Crippen LogP contribution in [-0.4, -0.2) is 25.0 Å². The van der Waals surface area contributed by atoms with Crippen LogP contribution in [0.15, 0.2) is 72.8 Å². The molecule has 0 unspecified atom stereocenters. The summed E-state index contributed by atoms with van der Waals surface area (Å²) >= 11 is 5.87. The summed E-state index contributed by atoms with van der Waals surface area (Å²) < 4.78 is 10.9. The fraction of sp³-hybridized carbons (Fsp3) is 0.130. The van der Waals surface area contributed by atoms with Gasteiger partial charge in [-0.25, -0.2) is 4.79 Å².